The number of amides is 1. The summed E-state index contributed by atoms with van der Waals surface area (Å²) in [6.45, 7) is 4.79. The van der Waals surface area contributed by atoms with E-state index in [9.17, 15) is 4.79 Å². The number of methoxy groups -OCH3 is 1. The molecule has 5 heteroatoms. The van der Waals surface area contributed by atoms with Gasteiger partial charge >= 0.3 is 0 Å². The SMILES string of the molecule is COCC(=O)Nc1ccc(COc2cccc(Oc3ccc(C(C)C)cc3)c2)cc1. The van der Waals surface area contributed by atoms with Crippen molar-refractivity contribution < 1.29 is 19.0 Å². The van der Waals surface area contributed by atoms with E-state index in [2.05, 4.69) is 31.3 Å². The van der Waals surface area contributed by atoms with E-state index < -0.39 is 0 Å². The van der Waals surface area contributed by atoms with Crippen LogP contribution in [0.1, 0.15) is 30.9 Å². The van der Waals surface area contributed by atoms with Crippen LogP contribution < -0.4 is 14.8 Å². The van der Waals surface area contributed by atoms with Crippen LogP contribution in [0, 0.1) is 0 Å². The van der Waals surface area contributed by atoms with E-state index in [1.165, 1.54) is 12.7 Å². The lowest BCUT2D eigenvalue weighted by atomic mass is 10.0. The van der Waals surface area contributed by atoms with E-state index >= 15 is 0 Å². The molecule has 1 N–H and O–H groups in total. The van der Waals surface area contributed by atoms with Gasteiger partial charge in [0, 0.05) is 18.9 Å². The predicted molar refractivity (Wildman–Crippen MR) is 118 cm³/mol. The summed E-state index contributed by atoms with van der Waals surface area (Å²) in [6, 6.07) is 23.2. The number of hydrogen-bond acceptors (Lipinski definition) is 4. The number of carbonyl (C=O) groups is 1. The lowest BCUT2D eigenvalue weighted by Crippen LogP contribution is -2.16. The van der Waals surface area contributed by atoms with Gasteiger partial charge in [-0.2, -0.15) is 0 Å². The number of ether oxygens (including phenoxy) is 3. The van der Waals surface area contributed by atoms with Crippen LogP contribution in [-0.4, -0.2) is 19.6 Å². The van der Waals surface area contributed by atoms with Gasteiger partial charge in [-0.1, -0.05) is 44.2 Å². The van der Waals surface area contributed by atoms with E-state index in [1.54, 1.807) is 0 Å². The maximum absolute atomic E-state index is 11.5. The molecule has 0 atom stereocenters. The Labute approximate surface area is 177 Å². The Balaban J connectivity index is 1.55. The van der Waals surface area contributed by atoms with Crippen LogP contribution in [0.3, 0.4) is 0 Å². The molecule has 0 aliphatic carbocycles. The van der Waals surface area contributed by atoms with Gasteiger partial charge in [-0.15, -0.1) is 0 Å². The molecule has 0 aromatic heterocycles. The first kappa shape index (κ1) is 21.4. The molecule has 0 saturated heterocycles. The fourth-order valence-corrected chi connectivity index (χ4v) is 2.86. The molecule has 0 heterocycles. The van der Waals surface area contributed by atoms with Crippen LogP contribution in [0.4, 0.5) is 5.69 Å². The summed E-state index contributed by atoms with van der Waals surface area (Å²) in [5.74, 6) is 2.55. The van der Waals surface area contributed by atoms with Crippen molar-refractivity contribution in [3.63, 3.8) is 0 Å². The first-order valence-corrected chi connectivity index (χ1v) is 9.92. The molecule has 156 valence electrons. The minimum Gasteiger partial charge on any atom is -0.489 e. The molecule has 3 rings (SSSR count). The second-order valence-corrected chi connectivity index (χ2v) is 7.27. The summed E-state index contributed by atoms with van der Waals surface area (Å²) in [5, 5.41) is 2.76. The van der Waals surface area contributed by atoms with Crippen LogP contribution in [0.15, 0.2) is 72.8 Å². The highest BCUT2D eigenvalue weighted by molar-refractivity contribution is 5.91. The number of nitrogens with one attached hydrogen (secondary N) is 1. The maximum atomic E-state index is 11.5. The minimum absolute atomic E-state index is 0.0329. The van der Waals surface area contributed by atoms with Crippen molar-refractivity contribution in [3.8, 4) is 17.2 Å². The zero-order valence-electron chi connectivity index (χ0n) is 17.6. The standard InChI is InChI=1S/C25H27NO4/c1-18(2)20-9-13-22(14-10-20)30-24-6-4-5-23(15-24)29-16-19-7-11-21(12-8-19)26-25(27)17-28-3/h4-15,18H,16-17H2,1-3H3,(H,26,27). The fourth-order valence-electron chi connectivity index (χ4n) is 2.86. The van der Waals surface area contributed by atoms with E-state index in [-0.39, 0.29) is 12.5 Å². The lowest BCUT2D eigenvalue weighted by Gasteiger charge is -2.11. The Morgan fingerprint density at radius 2 is 1.60 bits per heavy atom. The Bertz CT molecular complexity index is 950. The van der Waals surface area contributed by atoms with Crippen molar-refractivity contribution in [2.75, 3.05) is 19.0 Å². The van der Waals surface area contributed by atoms with Crippen LogP contribution in [0.2, 0.25) is 0 Å². The highest BCUT2D eigenvalue weighted by Gasteiger charge is 2.04. The maximum Gasteiger partial charge on any atom is 0.250 e. The van der Waals surface area contributed by atoms with E-state index in [1.807, 2.05) is 60.7 Å². The second-order valence-electron chi connectivity index (χ2n) is 7.27. The summed E-state index contributed by atoms with van der Waals surface area (Å²) in [6.07, 6.45) is 0. The van der Waals surface area contributed by atoms with E-state index in [0.717, 1.165) is 28.5 Å². The molecule has 0 aliphatic rings. The average Bonchev–Trinajstić information content (AvgIpc) is 2.74. The van der Waals surface area contributed by atoms with Crippen molar-refractivity contribution >= 4 is 11.6 Å². The summed E-state index contributed by atoms with van der Waals surface area (Å²) >= 11 is 0. The van der Waals surface area contributed by atoms with Crippen molar-refractivity contribution in [1.82, 2.24) is 0 Å². The van der Waals surface area contributed by atoms with Crippen molar-refractivity contribution in [1.29, 1.82) is 0 Å². The first-order chi connectivity index (χ1) is 14.5. The quantitative estimate of drug-likeness (QED) is 0.491. The Hall–Kier alpha value is -3.31. The molecule has 0 radical (unpaired) electrons. The Morgan fingerprint density at radius 3 is 2.27 bits per heavy atom. The van der Waals surface area contributed by atoms with Gasteiger partial charge in [-0.05, 0) is 53.4 Å². The van der Waals surface area contributed by atoms with Gasteiger partial charge in [0.1, 0.15) is 30.5 Å². The molecule has 0 bridgehead atoms. The molecule has 30 heavy (non-hydrogen) atoms. The third-order valence-electron chi connectivity index (χ3n) is 4.51. The summed E-state index contributed by atoms with van der Waals surface area (Å²) < 4.78 is 16.6. The Kier molecular flexibility index (Phi) is 7.46. The first-order valence-electron chi connectivity index (χ1n) is 9.92. The van der Waals surface area contributed by atoms with Crippen LogP contribution in [-0.2, 0) is 16.1 Å². The summed E-state index contributed by atoms with van der Waals surface area (Å²) in [7, 11) is 1.49. The van der Waals surface area contributed by atoms with Gasteiger partial charge in [0.15, 0.2) is 0 Å². The van der Waals surface area contributed by atoms with Crippen LogP contribution >= 0.6 is 0 Å². The second kappa shape index (κ2) is 10.5. The molecule has 1 amide bonds. The molecule has 5 nitrogen and oxygen atoms in total. The monoisotopic (exact) mass is 405 g/mol. The molecule has 0 saturated carbocycles. The summed E-state index contributed by atoms with van der Waals surface area (Å²) in [4.78, 5) is 11.5. The molecule has 0 spiro atoms. The highest BCUT2D eigenvalue weighted by Crippen LogP contribution is 2.27. The van der Waals surface area contributed by atoms with Crippen molar-refractivity contribution in [2.45, 2.75) is 26.4 Å². The van der Waals surface area contributed by atoms with Gasteiger partial charge in [0.25, 0.3) is 0 Å². The number of anilines is 1. The zero-order valence-corrected chi connectivity index (χ0v) is 17.6. The largest absolute Gasteiger partial charge is 0.489 e. The van der Waals surface area contributed by atoms with Gasteiger partial charge in [-0.25, -0.2) is 0 Å². The van der Waals surface area contributed by atoms with Gasteiger partial charge in [0.2, 0.25) is 5.91 Å². The van der Waals surface area contributed by atoms with Gasteiger partial charge in [-0.3, -0.25) is 4.79 Å². The third kappa shape index (κ3) is 6.36. The highest BCUT2D eigenvalue weighted by atomic mass is 16.5. The number of hydrogen-bond donors (Lipinski definition) is 1. The summed E-state index contributed by atoms with van der Waals surface area (Å²) in [5.41, 5.74) is 3.00. The van der Waals surface area contributed by atoms with Gasteiger partial charge < -0.3 is 19.5 Å². The molecule has 0 unspecified atom stereocenters. The molecule has 3 aromatic carbocycles. The number of benzene rings is 3. The molecule has 0 aliphatic heterocycles. The molecular weight excluding hydrogens is 378 g/mol. The third-order valence-corrected chi connectivity index (χ3v) is 4.51. The van der Waals surface area contributed by atoms with Crippen LogP contribution in [0.25, 0.3) is 0 Å². The van der Waals surface area contributed by atoms with Gasteiger partial charge in [0.05, 0.1) is 0 Å². The fraction of sp³-hybridized carbons (Fsp3) is 0.240. The smallest absolute Gasteiger partial charge is 0.250 e. The zero-order chi connectivity index (χ0) is 21.3. The normalized spacial score (nSPS) is 10.7. The number of rotatable bonds is 9. The predicted octanol–water partition coefficient (Wildman–Crippen LogP) is 5.77. The average molecular weight is 405 g/mol. The van der Waals surface area contributed by atoms with Crippen LogP contribution in [0.5, 0.6) is 17.2 Å². The molecular formula is C25H27NO4. The number of carbonyl (C=O) groups excluding carboxylic acids is 1. The molecule has 0 fully saturated rings. The Morgan fingerprint density at radius 1 is 0.900 bits per heavy atom. The lowest BCUT2D eigenvalue weighted by molar-refractivity contribution is -0.119. The minimum atomic E-state index is -0.183. The van der Waals surface area contributed by atoms with E-state index in [0.29, 0.717) is 12.5 Å². The topological polar surface area (TPSA) is 56.8 Å². The van der Waals surface area contributed by atoms with Crippen molar-refractivity contribution in [3.05, 3.63) is 83.9 Å². The van der Waals surface area contributed by atoms with E-state index in [4.69, 9.17) is 14.2 Å². The van der Waals surface area contributed by atoms with Crippen molar-refractivity contribution in [2.24, 2.45) is 0 Å². The molecule has 3 aromatic rings.